The fraction of sp³-hybridized carbons (Fsp3) is 0.667. The van der Waals surface area contributed by atoms with E-state index in [-0.39, 0.29) is 11.8 Å². The highest BCUT2D eigenvalue weighted by atomic mass is 35.6. The van der Waals surface area contributed by atoms with E-state index in [1.54, 1.807) is 0 Å². The molecular formula is C12H12Cl6N4O4. The van der Waals surface area contributed by atoms with Gasteiger partial charge in [0.1, 0.15) is 0 Å². The Balaban J connectivity index is 1.53. The summed E-state index contributed by atoms with van der Waals surface area (Å²) in [6.07, 6.45) is 0.769. The lowest BCUT2D eigenvalue weighted by atomic mass is 10.4. The number of nitrogens with zero attached hydrogens (tertiary/aromatic N) is 4. The fourth-order valence-electron chi connectivity index (χ4n) is 1.58. The van der Waals surface area contributed by atoms with Crippen LogP contribution in [0.4, 0.5) is 0 Å². The van der Waals surface area contributed by atoms with Crippen LogP contribution in [0.3, 0.4) is 0 Å². The van der Waals surface area contributed by atoms with Crippen molar-refractivity contribution in [1.82, 2.24) is 20.4 Å². The minimum Gasteiger partial charge on any atom is -0.421 e. The molecule has 0 N–H and O–H groups in total. The molecule has 0 atom stereocenters. The van der Waals surface area contributed by atoms with Crippen molar-refractivity contribution < 1.29 is 18.3 Å². The van der Waals surface area contributed by atoms with Gasteiger partial charge in [-0.15, -0.1) is 20.4 Å². The molecule has 0 saturated carbocycles. The van der Waals surface area contributed by atoms with E-state index in [4.69, 9.17) is 87.9 Å². The van der Waals surface area contributed by atoms with E-state index in [0.717, 1.165) is 0 Å². The van der Waals surface area contributed by atoms with Crippen molar-refractivity contribution >= 4 is 69.6 Å². The third-order valence-corrected chi connectivity index (χ3v) is 3.68. The minimum absolute atomic E-state index is 0.0836. The van der Waals surface area contributed by atoms with Crippen LogP contribution in [0.5, 0.6) is 0 Å². The van der Waals surface area contributed by atoms with Gasteiger partial charge in [-0.05, 0) is 0 Å². The van der Waals surface area contributed by atoms with Gasteiger partial charge in [0.15, 0.2) is 0 Å². The van der Waals surface area contributed by atoms with Crippen LogP contribution in [0, 0.1) is 0 Å². The molecule has 146 valence electrons. The largest absolute Gasteiger partial charge is 0.421 e. The van der Waals surface area contributed by atoms with Crippen LogP contribution in [0.1, 0.15) is 23.6 Å². The molecule has 0 amide bonds. The summed E-state index contributed by atoms with van der Waals surface area (Å²) >= 11 is 33.7. The molecule has 2 heterocycles. The smallest absolute Gasteiger partial charge is 0.268 e. The van der Waals surface area contributed by atoms with Gasteiger partial charge in [-0.25, -0.2) is 0 Å². The number of hydrogen-bond donors (Lipinski definition) is 0. The van der Waals surface area contributed by atoms with Crippen LogP contribution in [0.15, 0.2) is 8.83 Å². The molecule has 14 heteroatoms. The SMILES string of the molecule is ClC(Cl)(Cl)c1nnc(CCOCCOCCc2nnc(C(Cl)(Cl)Cl)o2)o1. The van der Waals surface area contributed by atoms with Crippen LogP contribution in [-0.2, 0) is 29.9 Å². The second-order valence-corrected chi connectivity index (χ2v) is 9.28. The molecule has 2 aromatic rings. The van der Waals surface area contributed by atoms with Gasteiger partial charge in [-0.3, -0.25) is 0 Å². The highest BCUT2D eigenvalue weighted by molar-refractivity contribution is 6.66. The van der Waals surface area contributed by atoms with Gasteiger partial charge < -0.3 is 18.3 Å². The van der Waals surface area contributed by atoms with Crippen molar-refractivity contribution in [3.8, 4) is 0 Å². The molecule has 0 aromatic carbocycles. The van der Waals surface area contributed by atoms with Crippen molar-refractivity contribution in [2.75, 3.05) is 26.4 Å². The average Bonchev–Trinajstić information content (AvgIpc) is 3.18. The summed E-state index contributed by atoms with van der Waals surface area (Å²) < 4.78 is 17.7. The number of alkyl halides is 6. The first-order valence-electron chi connectivity index (χ1n) is 7.11. The summed E-state index contributed by atoms with van der Waals surface area (Å²) in [4.78, 5) is 0. The maximum Gasteiger partial charge on any atom is 0.268 e. The van der Waals surface area contributed by atoms with Crippen molar-refractivity contribution in [2.45, 2.75) is 20.4 Å². The zero-order valence-corrected chi connectivity index (χ0v) is 17.5. The molecule has 0 aliphatic carbocycles. The second kappa shape index (κ2) is 9.93. The van der Waals surface area contributed by atoms with Gasteiger partial charge in [-0.2, -0.15) is 0 Å². The van der Waals surface area contributed by atoms with Crippen molar-refractivity contribution in [3.63, 3.8) is 0 Å². The molecular weight excluding hydrogens is 477 g/mol. The lowest BCUT2D eigenvalue weighted by Gasteiger charge is -2.04. The average molecular weight is 489 g/mol. The van der Waals surface area contributed by atoms with Crippen LogP contribution in [-0.4, -0.2) is 46.8 Å². The lowest BCUT2D eigenvalue weighted by Crippen LogP contribution is -2.08. The van der Waals surface area contributed by atoms with Crippen LogP contribution >= 0.6 is 69.6 Å². The van der Waals surface area contributed by atoms with Gasteiger partial charge >= 0.3 is 0 Å². The Bertz CT molecular complexity index is 626. The van der Waals surface area contributed by atoms with E-state index in [1.165, 1.54) is 0 Å². The number of hydrogen-bond acceptors (Lipinski definition) is 8. The number of ether oxygens (including phenoxy) is 2. The summed E-state index contributed by atoms with van der Waals surface area (Å²) in [5, 5.41) is 14.8. The minimum atomic E-state index is -1.74. The molecule has 0 saturated heterocycles. The molecule has 0 unspecified atom stereocenters. The van der Waals surface area contributed by atoms with E-state index < -0.39 is 7.59 Å². The molecule has 0 aliphatic rings. The molecule has 2 aromatic heterocycles. The van der Waals surface area contributed by atoms with Gasteiger partial charge in [-0.1, -0.05) is 69.6 Å². The van der Waals surface area contributed by atoms with Crippen molar-refractivity contribution in [2.24, 2.45) is 0 Å². The summed E-state index contributed by atoms with van der Waals surface area (Å²) in [6, 6.07) is 0. The molecule has 0 aliphatic heterocycles. The Morgan fingerprint density at radius 3 is 1.31 bits per heavy atom. The Morgan fingerprint density at radius 2 is 1.00 bits per heavy atom. The number of rotatable bonds is 9. The standard InChI is InChI=1S/C12H12Cl6N4O4/c13-11(14,15)9-21-19-7(25-9)1-3-23-5-6-24-4-2-8-20-22-10(26-8)12(16,17)18/h1-6H2. The Morgan fingerprint density at radius 1 is 0.615 bits per heavy atom. The van der Waals surface area contributed by atoms with E-state index in [9.17, 15) is 0 Å². The monoisotopic (exact) mass is 486 g/mol. The van der Waals surface area contributed by atoms with Crippen LogP contribution in [0.2, 0.25) is 0 Å². The van der Waals surface area contributed by atoms with Crippen molar-refractivity contribution in [3.05, 3.63) is 23.6 Å². The summed E-state index contributed by atoms with van der Waals surface area (Å²) in [5.41, 5.74) is 0. The zero-order chi connectivity index (χ0) is 19.2. The first-order valence-corrected chi connectivity index (χ1v) is 9.37. The Labute approximate surface area is 178 Å². The Kier molecular flexibility index (Phi) is 8.49. The fourth-order valence-corrected chi connectivity index (χ4v) is 2.04. The molecule has 2 rings (SSSR count). The predicted octanol–water partition coefficient (Wildman–Crippen LogP) is 3.92. The summed E-state index contributed by atoms with van der Waals surface area (Å²) in [7, 11) is 0. The molecule has 26 heavy (non-hydrogen) atoms. The van der Waals surface area contributed by atoms with Gasteiger partial charge in [0.2, 0.25) is 11.8 Å². The topological polar surface area (TPSA) is 96.3 Å². The van der Waals surface area contributed by atoms with Gasteiger partial charge in [0.25, 0.3) is 19.4 Å². The van der Waals surface area contributed by atoms with E-state index in [2.05, 4.69) is 20.4 Å². The van der Waals surface area contributed by atoms with Crippen LogP contribution in [0.25, 0.3) is 0 Å². The maximum absolute atomic E-state index is 5.62. The van der Waals surface area contributed by atoms with Crippen LogP contribution < -0.4 is 0 Å². The molecule has 0 fully saturated rings. The lowest BCUT2D eigenvalue weighted by molar-refractivity contribution is 0.0471. The number of halogens is 6. The molecule has 8 nitrogen and oxygen atoms in total. The van der Waals surface area contributed by atoms with Gasteiger partial charge in [0, 0.05) is 12.8 Å². The third-order valence-electron chi connectivity index (χ3n) is 2.71. The quantitative estimate of drug-likeness (QED) is 0.387. The Hall–Kier alpha value is -0.0600. The highest BCUT2D eigenvalue weighted by Crippen LogP contribution is 2.37. The van der Waals surface area contributed by atoms with E-state index in [1.807, 2.05) is 0 Å². The first-order chi connectivity index (χ1) is 12.2. The molecule has 0 radical (unpaired) electrons. The maximum atomic E-state index is 5.62. The second-order valence-electron chi connectivity index (χ2n) is 4.72. The molecule has 0 bridgehead atoms. The summed E-state index contributed by atoms with van der Waals surface area (Å²) in [6.45, 7) is 1.44. The summed E-state index contributed by atoms with van der Waals surface area (Å²) in [5.74, 6) is 0.460. The number of aromatic nitrogens is 4. The van der Waals surface area contributed by atoms with E-state index in [0.29, 0.717) is 51.1 Å². The highest BCUT2D eigenvalue weighted by Gasteiger charge is 2.30. The molecule has 0 spiro atoms. The zero-order valence-electron chi connectivity index (χ0n) is 12.9. The first kappa shape index (κ1) is 22.2. The third kappa shape index (κ3) is 7.52. The van der Waals surface area contributed by atoms with Gasteiger partial charge in [0.05, 0.1) is 26.4 Å². The normalized spacial score (nSPS) is 12.7. The van der Waals surface area contributed by atoms with E-state index >= 15 is 0 Å². The predicted molar refractivity (Wildman–Crippen MR) is 96.1 cm³/mol. The van der Waals surface area contributed by atoms with Crippen molar-refractivity contribution in [1.29, 1.82) is 0 Å².